The summed E-state index contributed by atoms with van der Waals surface area (Å²) in [6, 6.07) is 3.40. The first-order valence-electron chi connectivity index (χ1n) is 6.38. The normalized spacial score (nSPS) is 11.0. The number of carbonyl (C=O) groups excluding carboxylic acids is 1. The summed E-state index contributed by atoms with van der Waals surface area (Å²) in [7, 11) is 0. The Morgan fingerprint density at radius 2 is 2.14 bits per heavy atom. The number of rotatable bonds is 4. The number of anilines is 1. The first kappa shape index (κ1) is 15.3. The molecule has 0 aliphatic carbocycles. The second-order valence-electron chi connectivity index (χ2n) is 4.31. The van der Waals surface area contributed by atoms with Gasteiger partial charge in [-0.05, 0) is 32.1 Å². The minimum Gasteiger partial charge on any atom is -0.309 e. The third-order valence-electron chi connectivity index (χ3n) is 2.83. The molecule has 1 heterocycles. The highest BCUT2D eigenvalue weighted by Gasteiger charge is 2.13. The standard InChI is InChI=1S/C15H14F2N2OS/c1-3-19(12-5-6-13(16)14(17)8-12)15(20)7-4-11-9-21-10(2)18-11/h4-9H,3H2,1-2H3/b7-4+. The fourth-order valence-corrected chi connectivity index (χ4v) is 2.40. The van der Waals surface area contributed by atoms with Crippen LogP contribution in [0, 0.1) is 18.6 Å². The van der Waals surface area contributed by atoms with Gasteiger partial charge in [-0.2, -0.15) is 0 Å². The molecule has 1 amide bonds. The zero-order valence-electron chi connectivity index (χ0n) is 11.6. The van der Waals surface area contributed by atoms with Gasteiger partial charge in [-0.15, -0.1) is 11.3 Å². The van der Waals surface area contributed by atoms with Gasteiger partial charge in [0.05, 0.1) is 10.7 Å². The quantitative estimate of drug-likeness (QED) is 0.805. The van der Waals surface area contributed by atoms with E-state index in [2.05, 4.69) is 4.98 Å². The number of nitrogens with zero attached hydrogens (tertiary/aromatic N) is 2. The maximum atomic E-state index is 13.3. The molecular weight excluding hydrogens is 294 g/mol. The topological polar surface area (TPSA) is 33.2 Å². The molecule has 0 saturated heterocycles. The van der Waals surface area contributed by atoms with E-state index in [1.165, 1.54) is 28.4 Å². The lowest BCUT2D eigenvalue weighted by Crippen LogP contribution is -2.28. The van der Waals surface area contributed by atoms with Crippen LogP contribution in [0.15, 0.2) is 29.7 Å². The van der Waals surface area contributed by atoms with Gasteiger partial charge in [0.1, 0.15) is 0 Å². The lowest BCUT2D eigenvalue weighted by atomic mass is 10.2. The van der Waals surface area contributed by atoms with Gasteiger partial charge < -0.3 is 4.90 Å². The number of thiazole rings is 1. The summed E-state index contributed by atoms with van der Waals surface area (Å²) in [5.41, 5.74) is 1.02. The molecule has 2 aromatic rings. The van der Waals surface area contributed by atoms with Crippen LogP contribution in [0.25, 0.3) is 6.08 Å². The maximum absolute atomic E-state index is 13.3. The number of carbonyl (C=O) groups is 1. The molecule has 0 bridgehead atoms. The van der Waals surface area contributed by atoms with Crippen molar-refractivity contribution in [2.45, 2.75) is 13.8 Å². The number of aryl methyl sites for hydroxylation is 1. The Morgan fingerprint density at radius 1 is 1.38 bits per heavy atom. The van der Waals surface area contributed by atoms with Crippen molar-refractivity contribution < 1.29 is 13.6 Å². The molecule has 0 spiro atoms. The van der Waals surface area contributed by atoms with Crippen LogP contribution in [0.5, 0.6) is 0 Å². The largest absolute Gasteiger partial charge is 0.309 e. The van der Waals surface area contributed by atoms with E-state index in [0.717, 1.165) is 17.1 Å². The van der Waals surface area contributed by atoms with E-state index in [1.807, 2.05) is 12.3 Å². The predicted molar refractivity (Wildman–Crippen MR) is 80.3 cm³/mol. The van der Waals surface area contributed by atoms with Crippen LogP contribution >= 0.6 is 11.3 Å². The highest BCUT2D eigenvalue weighted by molar-refractivity contribution is 7.09. The van der Waals surface area contributed by atoms with E-state index in [4.69, 9.17) is 0 Å². The average Bonchev–Trinajstić information content (AvgIpc) is 2.87. The van der Waals surface area contributed by atoms with Crippen LogP contribution in [0.4, 0.5) is 14.5 Å². The molecular formula is C15H14F2N2OS. The van der Waals surface area contributed by atoms with Crippen molar-refractivity contribution in [2.24, 2.45) is 0 Å². The number of aromatic nitrogens is 1. The molecule has 0 saturated carbocycles. The van der Waals surface area contributed by atoms with Crippen LogP contribution in [-0.2, 0) is 4.79 Å². The molecule has 21 heavy (non-hydrogen) atoms. The lowest BCUT2D eigenvalue weighted by Gasteiger charge is -2.19. The van der Waals surface area contributed by atoms with Gasteiger partial charge in [0.15, 0.2) is 11.6 Å². The van der Waals surface area contributed by atoms with Crippen molar-refractivity contribution in [3.63, 3.8) is 0 Å². The molecule has 0 N–H and O–H groups in total. The van der Waals surface area contributed by atoms with Crippen LogP contribution in [-0.4, -0.2) is 17.4 Å². The van der Waals surface area contributed by atoms with Crippen LogP contribution in [0.2, 0.25) is 0 Å². The number of benzene rings is 1. The smallest absolute Gasteiger partial charge is 0.251 e. The summed E-state index contributed by atoms with van der Waals surface area (Å²) in [5, 5.41) is 2.75. The molecule has 0 fully saturated rings. The molecule has 0 unspecified atom stereocenters. The van der Waals surface area contributed by atoms with E-state index in [-0.39, 0.29) is 5.91 Å². The van der Waals surface area contributed by atoms with E-state index in [0.29, 0.717) is 17.9 Å². The molecule has 0 atom stereocenters. The fraction of sp³-hybridized carbons (Fsp3) is 0.200. The number of hydrogen-bond acceptors (Lipinski definition) is 3. The van der Waals surface area contributed by atoms with Gasteiger partial charge in [0.25, 0.3) is 5.91 Å². The molecule has 1 aromatic carbocycles. The van der Waals surface area contributed by atoms with Gasteiger partial charge in [-0.1, -0.05) is 0 Å². The minimum absolute atomic E-state index is 0.311. The zero-order chi connectivity index (χ0) is 15.4. The van der Waals surface area contributed by atoms with Gasteiger partial charge in [0, 0.05) is 29.8 Å². The monoisotopic (exact) mass is 308 g/mol. The second kappa shape index (κ2) is 6.58. The first-order chi connectivity index (χ1) is 10.0. The van der Waals surface area contributed by atoms with E-state index >= 15 is 0 Å². The molecule has 3 nitrogen and oxygen atoms in total. The van der Waals surface area contributed by atoms with Crippen molar-refractivity contribution in [1.29, 1.82) is 0 Å². The zero-order valence-corrected chi connectivity index (χ0v) is 12.5. The van der Waals surface area contributed by atoms with Crippen LogP contribution in [0.3, 0.4) is 0 Å². The Hall–Kier alpha value is -2.08. The Bertz CT molecular complexity index is 682. The summed E-state index contributed by atoms with van der Waals surface area (Å²) in [6.07, 6.45) is 2.98. The number of hydrogen-bond donors (Lipinski definition) is 0. The Morgan fingerprint density at radius 3 is 2.71 bits per heavy atom. The SMILES string of the molecule is CCN(C(=O)/C=C/c1csc(C)n1)c1ccc(F)c(F)c1. The third kappa shape index (κ3) is 3.72. The van der Waals surface area contributed by atoms with Crippen molar-refractivity contribution in [2.75, 3.05) is 11.4 Å². The van der Waals surface area contributed by atoms with Crippen molar-refractivity contribution >= 4 is 29.0 Å². The summed E-state index contributed by atoms with van der Waals surface area (Å²) in [4.78, 5) is 17.7. The average molecular weight is 308 g/mol. The summed E-state index contributed by atoms with van der Waals surface area (Å²) in [6.45, 7) is 3.99. The van der Waals surface area contributed by atoms with Crippen LogP contribution < -0.4 is 4.90 Å². The minimum atomic E-state index is -0.974. The Balaban J connectivity index is 2.18. The number of amides is 1. The van der Waals surface area contributed by atoms with Crippen molar-refractivity contribution in [3.05, 3.63) is 52.0 Å². The van der Waals surface area contributed by atoms with Gasteiger partial charge in [-0.25, -0.2) is 13.8 Å². The van der Waals surface area contributed by atoms with E-state index in [1.54, 1.807) is 13.0 Å². The second-order valence-corrected chi connectivity index (χ2v) is 5.37. The third-order valence-corrected chi connectivity index (χ3v) is 3.62. The molecule has 0 aliphatic heterocycles. The molecule has 0 aliphatic rings. The summed E-state index contributed by atoms with van der Waals surface area (Å²) < 4.78 is 26.2. The molecule has 0 radical (unpaired) electrons. The highest BCUT2D eigenvalue weighted by Crippen LogP contribution is 2.18. The maximum Gasteiger partial charge on any atom is 0.251 e. The number of halogens is 2. The molecule has 110 valence electrons. The highest BCUT2D eigenvalue weighted by atomic mass is 32.1. The summed E-state index contributed by atoms with van der Waals surface area (Å²) >= 11 is 1.49. The fourth-order valence-electron chi connectivity index (χ4n) is 1.82. The number of likely N-dealkylation sites (N-methyl/N-ethyl adjacent to an activating group) is 1. The van der Waals surface area contributed by atoms with Crippen molar-refractivity contribution in [3.8, 4) is 0 Å². The first-order valence-corrected chi connectivity index (χ1v) is 7.26. The molecule has 1 aromatic heterocycles. The Kier molecular flexibility index (Phi) is 4.80. The predicted octanol–water partition coefficient (Wildman–Crippen LogP) is 3.80. The molecule has 2 rings (SSSR count). The van der Waals surface area contributed by atoms with Crippen molar-refractivity contribution in [1.82, 2.24) is 4.98 Å². The van der Waals surface area contributed by atoms with Crippen LogP contribution in [0.1, 0.15) is 17.6 Å². The lowest BCUT2D eigenvalue weighted by molar-refractivity contribution is -0.114. The van der Waals surface area contributed by atoms with Gasteiger partial charge >= 0.3 is 0 Å². The van der Waals surface area contributed by atoms with E-state index < -0.39 is 11.6 Å². The molecule has 6 heteroatoms. The summed E-state index contributed by atoms with van der Waals surface area (Å²) in [5.74, 6) is -2.22. The van der Waals surface area contributed by atoms with E-state index in [9.17, 15) is 13.6 Å². The Labute approximate surface area is 125 Å². The van der Waals surface area contributed by atoms with Gasteiger partial charge in [-0.3, -0.25) is 4.79 Å². The van der Waals surface area contributed by atoms with Gasteiger partial charge in [0.2, 0.25) is 0 Å².